The van der Waals surface area contributed by atoms with E-state index in [0.717, 1.165) is 25.9 Å². The fourth-order valence-corrected chi connectivity index (χ4v) is 2.87. The largest absolute Gasteiger partial charge is 0.345 e. The van der Waals surface area contributed by atoms with E-state index in [1.54, 1.807) is 11.4 Å². The van der Waals surface area contributed by atoms with Crippen molar-refractivity contribution < 1.29 is 4.79 Å². The zero-order chi connectivity index (χ0) is 9.19. The van der Waals surface area contributed by atoms with E-state index in [2.05, 4.69) is 0 Å². The molecule has 0 aromatic carbocycles. The van der Waals surface area contributed by atoms with Crippen molar-refractivity contribution in [2.24, 2.45) is 0 Å². The first-order valence-electron chi connectivity index (χ1n) is 4.19. The predicted molar refractivity (Wildman–Crippen MR) is 54.1 cm³/mol. The molecule has 1 fully saturated rings. The van der Waals surface area contributed by atoms with E-state index in [4.69, 9.17) is 22.2 Å². The van der Waals surface area contributed by atoms with Crippen LogP contribution in [-0.2, 0) is 0 Å². The number of hydrogen-bond acceptors (Lipinski definition) is 1. The van der Waals surface area contributed by atoms with Crippen LogP contribution >= 0.6 is 22.2 Å². The number of nitrogens with zero attached hydrogens (tertiary/aromatic N) is 1. The lowest BCUT2D eigenvalue weighted by molar-refractivity contribution is 0.208. The van der Waals surface area contributed by atoms with E-state index in [-0.39, 0.29) is 5.53 Å². The second-order valence-corrected chi connectivity index (χ2v) is 10.6. The van der Waals surface area contributed by atoms with Crippen molar-refractivity contribution >= 4 is 34.4 Å². The first-order chi connectivity index (χ1) is 5.52. The van der Waals surface area contributed by atoms with E-state index < -0.39 is 6.69 Å². The van der Waals surface area contributed by atoms with Crippen LogP contribution in [0.4, 0.5) is 4.79 Å². The third-order valence-electron chi connectivity index (χ3n) is 2.02. The van der Waals surface area contributed by atoms with Gasteiger partial charge in [-0.05, 0) is 25.8 Å². The zero-order valence-electron chi connectivity index (χ0n) is 7.15. The second kappa shape index (κ2) is 3.98. The molecule has 12 heavy (non-hydrogen) atoms. The molecule has 0 saturated carbocycles. The minimum atomic E-state index is -2.62. The van der Waals surface area contributed by atoms with Gasteiger partial charge in [-0.2, -0.15) is 0 Å². The van der Waals surface area contributed by atoms with Crippen LogP contribution in [-0.4, -0.2) is 30.2 Å². The van der Waals surface area contributed by atoms with Crippen LogP contribution in [0.1, 0.15) is 19.3 Å². The molecule has 1 saturated heterocycles. The molecule has 5 heteroatoms. The van der Waals surface area contributed by atoms with Crippen molar-refractivity contribution in [3.8, 4) is 0 Å². The number of piperidine rings is 1. The maximum Gasteiger partial charge on any atom is 0.342 e. The lowest BCUT2D eigenvalue weighted by Crippen LogP contribution is -2.45. The summed E-state index contributed by atoms with van der Waals surface area (Å²) in [6.07, 6.45) is 3.39. The van der Waals surface area contributed by atoms with Crippen molar-refractivity contribution in [3.63, 3.8) is 0 Å². The van der Waals surface area contributed by atoms with Crippen LogP contribution in [0, 0.1) is 0 Å². The highest BCUT2D eigenvalue weighted by Gasteiger charge is 2.36. The van der Waals surface area contributed by atoms with Gasteiger partial charge in [-0.15, -0.1) is 22.2 Å². The summed E-state index contributed by atoms with van der Waals surface area (Å²) in [6, 6.07) is 0. The van der Waals surface area contributed by atoms with Gasteiger partial charge >= 0.3 is 6.69 Å². The van der Waals surface area contributed by atoms with Crippen LogP contribution in [0.15, 0.2) is 0 Å². The molecule has 0 unspecified atom stereocenters. The van der Waals surface area contributed by atoms with Gasteiger partial charge in [0, 0.05) is 13.1 Å². The van der Waals surface area contributed by atoms with Crippen LogP contribution in [0.3, 0.4) is 0 Å². The average molecular weight is 226 g/mol. The molecule has 1 aliphatic rings. The van der Waals surface area contributed by atoms with Gasteiger partial charge in [-0.25, -0.2) is 0 Å². The summed E-state index contributed by atoms with van der Waals surface area (Å²) >= 11 is 11.7. The summed E-state index contributed by atoms with van der Waals surface area (Å²) < 4.78 is 0. The zero-order valence-corrected chi connectivity index (χ0v) is 9.66. The Bertz CT molecular complexity index is 175. The average Bonchev–Trinajstić information content (AvgIpc) is 2.03. The van der Waals surface area contributed by atoms with Crippen molar-refractivity contribution in [1.29, 1.82) is 0 Å². The Morgan fingerprint density at radius 1 is 1.25 bits per heavy atom. The van der Waals surface area contributed by atoms with Crippen LogP contribution < -0.4 is 0 Å². The van der Waals surface area contributed by atoms with Gasteiger partial charge in [0.1, 0.15) is 0 Å². The monoisotopic (exact) mass is 225 g/mol. The second-order valence-electron chi connectivity index (χ2n) is 3.24. The van der Waals surface area contributed by atoms with Crippen molar-refractivity contribution in [2.45, 2.75) is 25.8 Å². The minimum absolute atomic E-state index is 0.0227. The molecule has 1 rings (SSSR count). The fraction of sp³-hybridized carbons (Fsp3) is 0.857. The summed E-state index contributed by atoms with van der Waals surface area (Å²) in [5, 5.41) is 0. The molecule has 70 valence electrons. The standard InChI is InChI=1S/C7H13Cl2NOSi/c1-12(8,9)7(11)10-5-3-2-4-6-10/h2-6H2,1H3. The molecule has 1 heterocycles. The maximum absolute atomic E-state index is 11.5. The Kier molecular flexibility index (Phi) is 3.44. The van der Waals surface area contributed by atoms with Gasteiger partial charge in [-0.3, -0.25) is 4.79 Å². The van der Waals surface area contributed by atoms with Crippen molar-refractivity contribution in [1.82, 2.24) is 4.90 Å². The highest BCUT2D eigenvalue weighted by Crippen LogP contribution is 2.21. The van der Waals surface area contributed by atoms with Gasteiger partial charge < -0.3 is 4.90 Å². The summed E-state index contributed by atoms with van der Waals surface area (Å²) in [7, 11) is 0. The van der Waals surface area contributed by atoms with E-state index in [1.807, 2.05) is 0 Å². The van der Waals surface area contributed by atoms with Crippen molar-refractivity contribution in [2.75, 3.05) is 13.1 Å². The first-order valence-corrected chi connectivity index (χ1v) is 8.71. The maximum atomic E-state index is 11.5. The molecular weight excluding hydrogens is 213 g/mol. The molecule has 0 radical (unpaired) electrons. The number of halogens is 2. The molecule has 1 aliphatic heterocycles. The summed E-state index contributed by atoms with van der Waals surface area (Å²) in [6.45, 7) is 0.712. The minimum Gasteiger partial charge on any atom is -0.345 e. The van der Waals surface area contributed by atoms with E-state index in [0.29, 0.717) is 0 Å². The topological polar surface area (TPSA) is 20.3 Å². The molecule has 0 N–H and O–H groups in total. The smallest absolute Gasteiger partial charge is 0.342 e. The van der Waals surface area contributed by atoms with Crippen molar-refractivity contribution in [3.05, 3.63) is 0 Å². The quantitative estimate of drug-likeness (QED) is 0.497. The molecule has 0 spiro atoms. The lowest BCUT2D eigenvalue weighted by atomic mass is 10.1. The first kappa shape index (κ1) is 10.3. The van der Waals surface area contributed by atoms with Gasteiger partial charge in [0.15, 0.2) is 0 Å². The van der Waals surface area contributed by atoms with Crippen LogP contribution in [0.2, 0.25) is 6.55 Å². The molecular formula is C7H13Cl2NOSi. The molecule has 0 aromatic heterocycles. The molecule has 0 bridgehead atoms. The third kappa shape index (κ3) is 2.64. The number of amides is 1. The summed E-state index contributed by atoms with van der Waals surface area (Å²) in [5.41, 5.74) is -0.0227. The van der Waals surface area contributed by atoms with Gasteiger partial charge in [-0.1, -0.05) is 0 Å². The van der Waals surface area contributed by atoms with Crippen LogP contribution in [0.5, 0.6) is 0 Å². The summed E-state index contributed by atoms with van der Waals surface area (Å²) in [5.74, 6) is 0. The highest BCUT2D eigenvalue weighted by molar-refractivity contribution is 7.57. The Labute approximate surface area is 83.2 Å². The predicted octanol–water partition coefficient (Wildman–Crippen LogP) is 2.72. The lowest BCUT2D eigenvalue weighted by Gasteiger charge is -2.29. The SMILES string of the molecule is C[Si](Cl)(Cl)C(=O)N1CCCCC1. The molecule has 2 nitrogen and oxygen atoms in total. The molecule has 0 aliphatic carbocycles. The Morgan fingerprint density at radius 2 is 1.75 bits per heavy atom. The van der Waals surface area contributed by atoms with E-state index >= 15 is 0 Å². The number of rotatable bonds is 1. The molecule has 1 amide bonds. The third-order valence-corrected chi connectivity index (χ3v) is 4.06. The number of likely N-dealkylation sites (tertiary alicyclic amines) is 1. The number of hydrogen-bond donors (Lipinski definition) is 0. The fourth-order valence-electron chi connectivity index (χ4n) is 1.37. The van der Waals surface area contributed by atoms with E-state index in [1.165, 1.54) is 6.42 Å². The molecule has 0 aromatic rings. The number of carbonyl (C=O) groups is 1. The Balaban J connectivity index is 2.51. The van der Waals surface area contributed by atoms with E-state index in [9.17, 15) is 4.79 Å². The van der Waals surface area contributed by atoms with Gasteiger partial charge in [0.2, 0.25) is 5.53 Å². The summed E-state index contributed by atoms with van der Waals surface area (Å²) in [4.78, 5) is 13.3. The Hall–Kier alpha value is 0.267. The molecule has 0 atom stereocenters. The number of carbonyl (C=O) groups excluding carboxylic acids is 1. The highest BCUT2D eigenvalue weighted by atomic mass is 35.7. The van der Waals surface area contributed by atoms with Crippen LogP contribution in [0.25, 0.3) is 0 Å². The Morgan fingerprint density at radius 3 is 2.17 bits per heavy atom. The van der Waals surface area contributed by atoms with Gasteiger partial charge in [0.25, 0.3) is 0 Å². The normalized spacial score (nSPS) is 19.4. The van der Waals surface area contributed by atoms with Gasteiger partial charge in [0.05, 0.1) is 0 Å².